The van der Waals surface area contributed by atoms with Crippen molar-refractivity contribution in [1.29, 1.82) is 0 Å². The van der Waals surface area contributed by atoms with Gasteiger partial charge in [0.2, 0.25) is 0 Å². The fraction of sp³-hybridized carbons (Fsp3) is 0.909. The molecule has 27 heavy (non-hydrogen) atoms. The zero-order chi connectivity index (χ0) is 18.2. The number of nitrogens with zero attached hydrogens (tertiary/aromatic N) is 2. The van der Waals surface area contributed by atoms with Crippen LogP contribution in [0.1, 0.15) is 86.0 Å². The van der Waals surface area contributed by atoms with Crippen molar-refractivity contribution >= 4 is 0 Å². The maximum atomic E-state index is 2.50. The molecule has 0 bridgehead atoms. The normalized spacial score (nSPS) is 30.2. The Morgan fingerprint density at radius 3 is 1.74 bits per heavy atom. The second-order valence-electron chi connectivity index (χ2n) is 8.11. The number of hydrogen-bond donors (Lipinski definition) is 0. The smallest absolute Gasteiger partial charge is 0.605 e. The summed E-state index contributed by atoms with van der Waals surface area (Å²) in [7, 11) is 4.39. The molecule has 1 spiro atoms. The van der Waals surface area contributed by atoms with E-state index in [2.05, 4.69) is 43.9 Å². The Kier molecular flexibility index (Phi) is 28.3. The first kappa shape index (κ1) is 36.9. The molecule has 3 fully saturated rings. The van der Waals surface area contributed by atoms with Crippen LogP contribution in [0.2, 0.25) is 0 Å². The summed E-state index contributed by atoms with van der Waals surface area (Å²) in [6.45, 7) is 16.6. The molecule has 0 unspecified atom stereocenters. The van der Waals surface area contributed by atoms with E-state index in [1.807, 2.05) is 27.7 Å². The van der Waals surface area contributed by atoms with Gasteiger partial charge in [-0.3, -0.25) is 13.1 Å². The Bertz CT molecular complexity index is 316. The molecule has 0 radical (unpaired) electrons. The minimum atomic E-state index is 0. The summed E-state index contributed by atoms with van der Waals surface area (Å²) in [5.74, 6) is 1.96. The summed E-state index contributed by atoms with van der Waals surface area (Å²) < 4.78 is 0. The van der Waals surface area contributed by atoms with Crippen molar-refractivity contribution in [2.24, 2.45) is 17.3 Å². The van der Waals surface area contributed by atoms with Crippen LogP contribution in [-0.4, -0.2) is 36.5 Å². The van der Waals surface area contributed by atoms with Crippen molar-refractivity contribution in [2.75, 3.05) is 20.6 Å². The van der Waals surface area contributed by atoms with Crippen molar-refractivity contribution in [1.82, 2.24) is 9.80 Å². The van der Waals surface area contributed by atoms with Gasteiger partial charge in [-0.1, -0.05) is 54.0 Å². The molecule has 0 N–H and O–H groups in total. The average Bonchev–Trinajstić information content (AvgIpc) is 2.59. The Labute approximate surface area is 319 Å². The summed E-state index contributed by atoms with van der Waals surface area (Å²) in [4.78, 5) is 4.86. The minimum Gasteiger partial charge on any atom is -0.605 e. The number of likely N-dealkylation sites (tertiary alicyclic amines) is 1. The van der Waals surface area contributed by atoms with Crippen molar-refractivity contribution in [3.8, 4) is 0 Å². The van der Waals surface area contributed by atoms with E-state index in [1.54, 1.807) is 0 Å². The predicted octanol–water partition coefficient (Wildman–Crippen LogP) is -2.99. The van der Waals surface area contributed by atoms with Crippen LogP contribution in [0.5, 0.6) is 0 Å². The molecule has 1 heterocycles. The molecule has 1 saturated heterocycles. The van der Waals surface area contributed by atoms with Crippen LogP contribution in [0, 0.1) is 30.3 Å². The molecule has 0 amide bonds. The number of hydrogen-bond acceptors (Lipinski definition) is 2. The number of piperidine rings is 1. The molecule has 0 atom stereocenters. The van der Waals surface area contributed by atoms with E-state index >= 15 is 0 Å². The molecule has 0 aromatic carbocycles. The van der Waals surface area contributed by atoms with Crippen molar-refractivity contribution in [2.45, 2.75) is 92.0 Å². The molecule has 144 valence electrons. The van der Waals surface area contributed by atoms with E-state index in [0.717, 1.165) is 23.3 Å². The van der Waals surface area contributed by atoms with Gasteiger partial charge in [0.05, 0.1) is 0 Å². The average molecular weight is 593 g/mol. The van der Waals surface area contributed by atoms with E-state index in [9.17, 15) is 0 Å². The van der Waals surface area contributed by atoms with Gasteiger partial charge in [0, 0.05) is 0 Å². The zero-order valence-corrected chi connectivity index (χ0v) is 35.4. The van der Waals surface area contributed by atoms with Crippen LogP contribution >= 0.6 is 0 Å². The molecule has 2 saturated carbocycles. The third kappa shape index (κ3) is 13.1. The Morgan fingerprint density at radius 2 is 1.33 bits per heavy atom. The van der Waals surface area contributed by atoms with Crippen molar-refractivity contribution in [3.63, 3.8) is 0 Å². The van der Waals surface area contributed by atoms with Crippen LogP contribution in [0.15, 0.2) is 0 Å². The second-order valence-corrected chi connectivity index (χ2v) is 8.11. The van der Waals surface area contributed by atoms with Crippen LogP contribution in [0.25, 0.3) is 0 Å². The summed E-state index contributed by atoms with van der Waals surface area (Å²) in [6.07, 6.45) is 11.5. The first-order valence-electron chi connectivity index (χ1n) is 10.7. The van der Waals surface area contributed by atoms with Crippen LogP contribution in [-0.2, 0) is 0 Å². The molecule has 2 nitrogen and oxygen atoms in total. The van der Waals surface area contributed by atoms with Crippen LogP contribution in [0.3, 0.4) is 0 Å². The summed E-state index contributed by atoms with van der Waals surface area (Å²) in [5, 5.41) is 0. The van der Waals surface area contributed by atoms with Crippen LogP contribution in [0.4, 0.5) is 0 Å². The number of rotatable bonds is 3. The molecule has 3 aliphatic rings. The van der Waals surface area contributed by atoms with Gasteiger partial charge in [-0.2, -0.15) is 12.8 Å². The predicted molar refractivity (Wildman–Crippen MR) is 108 cm³/mol. The molecule has 5 heteroatoms. The van der Waals surface area contributed by atoms with Crippen molar-refractivity contribution in [3.05, 3.63) is 13.1 Å². The first-order chi connectivity index (χ1) is 11.6. The van der Waals surface area contributed by atoms with E-state index < -0.39 is 0 Å². The van der Waals surface area contributed by atoms with Gasteiger partial charge in [-0.05, 0) is 63.1 Å². The second kappa shape index (κ2) is 20.7. The molecule has 3 rings (SSSR count). The van der Waals surface area contributed by atoms with Gasteiger partial charge < -0.3 is 9.80 Å². The molecule has 0 aromatic heterocycles. The van der Waals surface area contributed by atoms with Gasteiger partial charge in [0.1, 0.15) is 0 Å². The summed E-state index contributed by atoms with van der Waals surface area (Å²) in [6, 6.07) is 0.721. The van der Waals surface area contributed by atoms with Gasteiger partial charge in [0.25, 0.3) is 0 Å². The van der Waals surface area contributed by atoms with Gasteiger partial charge in [-0.15, -0.1) is 0 Å². The standard InChI is InChI=1S/C18H32N2.2C2H6.3Rb/c1-15-4-8-18(9-5-15)12-16(13-18)14-20-10-6-17(7-11-20)19(2)3;2*1-2;;;/h10-11,15-17H,4-9,12-14H2,1-3H3;2*1-2H3;;;/q-2;;;3*+1. The van der Waals surface area contributed by atoms with E-state index in [4.69, 9.17) is 0 Å². The maximum absolute atomic E-state index is 2.50. The fourth-order valence-electron chi connectivity index (χ4n) is 4.63. The van der Waals surface area contributed by atoms with Gasteiger partial charge in [-0.25, -0.2) is 0 Å². The Balaban J connectivity index is -0.000000773. The Hall–Kier alpha value is 5.34. The summed E-state index contributed by atoms with van der Waals surface area (Å²) >= 11 is 0. The molecule has 1 aliphatic heterocycles. The third-order valence-electron chi connectivity index (χ3n) is 6.20. The maximum Gasteiger partial charge on any atom is 1.00 e. The van der Waals surface area contributed by atoms with Crippen LogP contribution < -0.4 is 175 Å². The monoisotopic (exact) mass is 591 g/mol. The largest absolute Gasteiger partial charge is 1.00 e. The summed E-state index contributed by atoms with van der Waals surface area (Å²) in [5.41, 5.74) is 0.777. The minimum absolute atomic E-state index is 0. The molecular weight excluding hydrogens is 549 g/mol. The van der Waals surface area contributed by atoms with E-state index in [1.165, 1.54) is 57.9 Å². The van der Waals surface area contributed by atoms with Crippen molar-refractivity contribution < 1.29 is 175 Å². The third-order valence-corrected chi connectivity index (χ3v) is 6.20. The molecule has 0 aromatic rings. The van der Waals surface area contributed by atoms with E-state index in [0.29, 0.717) is 0 Å². The topological polar surface area (TPSA) is 6.48 Å². The SMILES string of the molecule is CC.CC.CC1CCC2(CC1)CC(CN1[CH-]CC(N(C)C)C[CH-]1)C2.[Rb+].[Rb+].[Rb+]. The van der Waals surface area contributed by atoms with E-state index in [-0.39, 0.29) is 175 Å². The quantitative estimate of drug-likeness (QED) is 0.323. The van der Waals surface area contributed by atoms with Gasteiger partial charge >= 0.3 is 175 Å². The van der Waals surface area contributed by atoms with Gasteiger partial charge in [0.15, 0.2) is 0 Å². The first-order valence-corrected chi connectivity index (χ1v) is 10.7. The fourth-order valence-corrected chi connectivity index (χ4v) is 4.63. The molecule has 2 aliphatic carbocycles. The Morgan fingerprint density at radius 1 is 0.889 bits per heavy atom. The zero-order valence-electron chi connectivity index (χ0n) is 20.6. The molecular formula is C22H44N2Rb3+.